The lowest BCUT2D eigenvalue weighted by Crippen LogP contribution is -2.22. The highest BCUT2D eigenvalue weighted by atomic mass is 16.5. The summed E-state index contributed by atoms with van der Waals surface area (Å²) in [7, 11) is 0. The van der Waals surface area contributed by atoms with E-state index in [1.54, 1.807) is 28.8 Å². The third-order valence-corrected chi connectivity index (χ3v) is 4.33. The van der Waals surface area contributed by atoms with Crippen molar-refractivity contribution >= 4 is 22.8 Å². The summed E-state index contributed by atoms with van der Waals surface area (Å²) < 4.78 is 6.80. The molecule has 0 amide bonds. The van der Waals surface area contributed by atoms with Gasteiger partial charge in [-0.15, -0.1) is 0 Å². The second-order valence-electron chi connectivity index (χ2n) is 6.33. The van der Waals surface area contributed by atoms with Crippen LogP contribution in [0.2, 0.25) is 0 Å². The monoisotopic (exact) mass is 364 g/mol. The number of nitrogens with zero attached hydrogens (tertiary/aromatic N) is 2. The van der Waals surface area contributed by atoms with Crippen LogP contribution in [0.25, 0.3) is 11.0 Å². The fraction of sp³-hybridized carbons (Fsp3) is 0.238. The number of Topliss-reactive ketones (excluding diaryl/α,β-unsaturated/α-hetero) is 1. The van der Waals surface area contributed by atoms with Gasteiger partial charge in [-0.2, -0.15) is 0 Å². The van der Waals surface area contributed by atoms with Crippen molar-refractivity contribution in [1.29, 1.82) is 0 Å². The number of hydrogen-bond donors (Lipinski definition) is 0. The number of esters is 1. The second kappa shape index (κ2) is 7.53. The van der Waals surface area contributed by atoms with E-state index in [9.17, 15) is 14.4 Å². The van der Waals surface area contributed by atoms with Gasteiger partial charge in [-0.05, 0) is 32.9 Å². The Morgan fingerprint density at radius 1 is 1.07 bits per heavy atom. The van der Waals surface area contributed by atoms with E-state index in [1.165, 1.54) is 6.07 Å². The van der Waals surface area contributed by atoms with E-state index >= 15 is 0 Å². The molecule has 2 aromatic heterocycles. The van der Waals surface area contributed by atoms with Crippen LogP contribution in [0.15, 0.2) is 47.3 Å². The Hall–Kier alpha value is -3.28. The average Bonchev–Trinajstić information content (AvgIpc) is 2.66. The normalized spacial score (nSPS) is 10.8. The average molecular weight is 364 g/mol. The lowest BCUT2D eigenvalue weighted by Gasteiger charge is -2.14. The maximum Gasteiger partial charge on any atom is 0.355 e. The number of aromatic nitrogens is 2. The Bertz CT molecular complexity index is 1080. The number of ketones is 1. The van der Waals surface area contributed by atoms with E-state index in [4.69, 9.17) is 4.74 Å². The molecule has 0 aliphatic heterocycles. The van der Waals surface area contributed by atoms with E-state index in [1.807, 2.05) is 32.9 Å². The van der Waals surface area contributed by atoms with Crippen LogP contribution in [0.3, 0.4) is 0 Å². The smallest absolute Gasteiger partial charge is 0.355 e. The van der Waals surface area contributed by atoms with Crippen molar-refractivity contribution in [2.24, 2.45) is 0 Å². The molecule has 0 aliphatic carbocycles. The first-order chi connectivity index (χ1) is 12.9. The Morgan fingerprint density at radius 2 is 1.78 bits per heavy atom. The van der Waals surface area contributed by atoms with Gasteiger partial charge in [-0.1, -0.05) is 29.8 Å². The van der Waals surface area contributed by atoms with Crippen LogP contribution >= 0.6 is 0 Å². The minimum Gasteiger partial charge on any atom is -0.453 e. The number of aryl methyl sites for hydroxylation is 3. The van der Waals surface area contributed by atoms with Crippen molar-refractivity contribution in [2.75, 3.05) is 6.61 Å². The number of hydrogen-bond acceptors (Lipinski definition) is 5. The summed E-state index contributed by atoms with van der Waals surface area (Å²) >= 11 is 0. The molecule has 0 radical (unpaired) electrons. The number of benzene rings is 1. The molecule has 0 bridgehead atoms. The second-order valence-corrected chi connectivity index (χ2v) is 6.33. The van der Waals surface area contributed by atoms with Gasteiger partial charge in [0.1, 0.15) is 11.3 Å². The molecule has 3 rings (SSSR count). The first-order valence-corrected chi connectivity index (χ1v) is 8.69. The summed E-state index contributed by atoms with van der Waals surface area (Å²) in [5, 5.41) is 0.440. The van der Waals surface area contributed by atoms with Crippen molar-refractivity contribution in [3.05, 3.63) is 75.2 Å². The van der Waals surface area contributed by atoms with Crippen molar-refractivity contribution in [1.82, 2.24) is 9.55 Å². The minimum absolute atomic E-state index is 0.0878. The number of carbonyl (C=O) groups excluding carboxylic acids is 2. The van der Waals surface area contributed by atoms with Crippen molar-refractivity contribution in [3.63, 3.8) is 0 Å². The quantitative estimate of drug-likeness (QED) is 0.513. The summed E-state index contributed by atoms with van der Waals surface area (Å²) in [6, 6.07) is 11.7. The third-order valence-electron chi connectivity index (χ3n) is 4.33. The van der Waals surface area contributed by atoms with Gasteiger partial charge in [0.05, 0.1) is 5.39 Å². The Labute approximate surface area is 156 Å². The van der Waals surface area contributed by atoms with E-state index in [0.29, 0.717) is 23.1 Å². The summed E-state index contributed by atoms with van der Waals surface area (Å²) in [4.78, 5) is 41.5. The summed E-state index contributed by atoms with van der Waals surface area (Å²) in [6.07, 6.45) is 0. The number of carbonyl (C=O) groups is 2. The lowest BCUT2D eigenvalue weighted by atomic mass is 10.1. The van der Waals surface area contributed by atoms with Crippen LogP contribution in [-0.4, -0.2) is 27.9 Å². The molecule has 0 N–H and O–H groups in total. The fourth-order valence-corrected chi connectivity index (χ4v) is 2.85. The molecule has 0 atom stereocenters. The van der Waals surface area contributed by atoms with Crippen LogP contribution in [0.4, 0.5) is 0 Å². The predicted molar refractivity (Wildman–Crippen MR) is 102 cm³/mol. The van der Waals surface area contributed by atoms with Gasteiger partial charge in [0, 0.05) is 23.9 Å². The molecule has 0 saturated carbocycles. The highest BCUT2D eigenvalue weighted by Crippen LogP contribution is 2.13. The number of rotatable bonds is 5. The van der Waals surface area contributed by atoms with E-state index in [0.717, 1.165) is 11.3 Å². The molecular weight excluding hydrogens is 344 g/mol. The summed E-state index contributed by atoms with van der Waals surface area (Å²) in [5.74, 6) is -1.02. The zero-order valence-corrected chi connectivity index (χ0v) is 15.5. The lowest BCUT2D eigenvalue weighted by molar-refractivity contribution is 0.0464. The maximum atomic E-state index is 12.5. The molecule has 0 fully saturated rings. The number of fused-ring (bicyclic) bond motifs is 1. The molecule has 6 nitrogen and oxygen atoms in total. The van der Waals surface area contributed by atoms with Gasteiger partial charge >= 0.3 is 5.97 Å². The Kier molecular flexibility index (Phi) is 5.16. The van der Waals surface area contributed by atoms with Crippen LogP contribution in [-0.2, 0) is 11.3 Å². The maximum absolute atomic E-state index is 12.5. The van der Waals surface area contributed by atoms with Crippen LogP contribution in [0.1, 0.15) is 39.0 Å². The van der Waals surface area contributed by atoms with Gasteiger partial charge in [0.2, 0.25) is 0 Å². The molecule has 0 aliphatic rings. The van der Waals surface area contributed by atoms with Gasteiger partial charge in [-0.3, -0.25) is 9.59 Å². The number of ether oxygens (including phenoxy) is 1. The van der Waals surface area contributed by atoms with Crippen molar-refractivity contribution < 1.29 is 14.3 Å². The molecule has 0 spiro atoms. The molecule has 2 heterocycles. The van der Waals surface area contributed by atoms with Gasteiger partial charge in [0.25, 0.3) is 0 Å². The van der Waals surface area contributed by atoms with Crippen molar-refractivity contribution in [3.8, 4) is 0 Å². The van der Waals surface area contributed by atoms with E-state index < -0.39 is 5.97 Å². The molecule has 6 heteroatoms. The van der Waals surface area contributed by atoms with Gasteiger partial charge in [0.15, 0.2) is 17.8 Å². The molecule has 138 valence electrons. The predicted octanol–water partition coefficient (Wildman–Crippen LogP) is 3.07. The third kappa shape index (κ3) is 3.79. The van der Waals surface area contributed by atoms with E-state index in [2.05, 4.69) is 4.98 Å². The highest BCUT2D eigenvalue weighted by molar-refractivity contribution is 5.99. The first kappa shape index (κ1) is 18.5. The molecule has 0 unspecified atom stereocenters. The summed E-state index contributed by atoms with van der Waals surface area (Å²) in [6.45, 7) is 5.63. The van der Waals surface area contributed by atoms with Gasteiger partial charge in [-0.25, -0.2) is 9.78 Å². The fourth-order valence-electron chi connectivity index (χ4n) is 2.85. The minimum atomic E-state index is -0.723. The highest BCUT2D eigenvalue weighted by Gasteiger charge is 2.18. The molecule has 27 heavy (non-hydrogen) atoms. The van der Waals surface area contributed by atoms with E-state index in [-0.39, 0.29) is 23.5 Å². The van der Waals surface area contributed by atoms with Gasteiger partial charge < -0.3 is 9.30 Å². The van der Waals surface area contributed by atoms with Crippen LogP contribution in [0.5, 0.6) is 0 Å². The first-order valence-electron chi connectivity index (χ1n) is 8.69. The molecular formula is C21H20N2O4. The summed E-state index contributed by atoms with van der Waals surface area (Å²) in [5.41, 5.74) is 2.46. The van der Waals surface area contributed by atoms with Crippen LogP contribution in [0, 0.1) is 13.8 Å². The molecule has 0 saturated heterocycles. The SMILES string of the molecule is CCn1c(C(=O)OCC(=O)c2ccc(C)cc2)cc(=O)c2ccc(C)nc21. The Morgan fingerprint density at radius 3 is 2.44 bits per heavy atom. The zero-order chi connectivity index (χ0) is 19.6. The largest absolute Gasteiger partial charge is 0.453 e. The standard InChI is InChI=1S/C21H20N2O4/c1-4-23-17(11-18(24)16-10-7-14(3)22-20(16)23)21(26)27-12-19(25)15-8-5-13(2)6-9-15/h5-11H,4,12H2,1-3H3. The number of pyridine rings is 2. The molecule has 1 aromatic carbocycles. The Balaban J connectivity index is 1.88. The topological polar surface area (TPSA) is 78.3 Å². The molecule has 3 aromatic rings. The van der Waals surface area contributed by atoms with Crippen molar-refractivity contribution in [2.45, 2.75) is 27.3 Å². The van der Waals surface area contributed by atoms with Crippen LogP contribution < -0.4 is 5.43 Å². The zero-order valence-electron chi connectivity index (χ0n) is 15.5.